The summed E-state index contributed by atoms with van der Waals surface area (Å²) in [6, 6.07) is 9.17. The van der Waals surface area contributed by atoms with Gasteiger partial charge in [-0.25, -0.2) is 0 Å². The molecule has 0 unspecified atom stereocenters. The highest BCUT2D eigenvalue weighted by Gasteiger charge is 2.17. The summed E-state index contributed by atoms with van der Waals surface area (Å²) in [7, 11) is 0. The average molecular weight is 243 g/mol. The fourth-order valence-electron chi connectivity index (χ4n) is 2.73. The summed E-state index contributed by atoms with van der Waals surface area (Å²) in [5.41, 5.74) is 9.35. The van der Waals surface area contributed by atoms with Crippen LogP contribution in [0.1, 0.15) is 31.9 Å². The van der Waals surface area contributed by atoms with Gasteiger partial charge in [0.05, 0.1) is 0 Å². The molecule has 96 valence electrons. The number of rotatable bonds is 4. The Morgan fingerprint density at radius 2 is 2.17 bits per heavy atom. The van der Waals surface area contributed by atoms with Crippen molar-refractivity contribution in [3.63, 3.8) is 0 Å². The molecule has 1 aliphatic rings. The van der Waals surface area contributed by atoms with Crippen molar-refractivity contribution < 1.29 is 0 Å². The van der Waals surface area contributed by atoms with Gasteiger partial charge >= 0.3 is 0 Å². The number of benzene rings is 1. The van der Waals surface area contributed by atoms with Gasteiger partial charge in [0.15, 0.2) is 0 Å². The molecule has 3 N–H and O–H groups in total. The van der Waals surface area contributed by atoms with E-state index in [1.54, 1.807) is 0 Å². The first-order valence-corrected chi connectivity index (χ1v) is 6.89. The first kappa shape index (κ1) is 11.6. The molecule has 3 heteroatoms. The highest BCUT2D eigenvalue weighted by Crippen LogP contribution is 2.24. The quantitative estimate of drug-likeness (QED) is 0.811. The smallest absolute Gasteiger partial charge is 0.0484 e. The molecule has 0 amide bonds. The standard InChI is InChI=1S/C15H21N3/c1-2-18-14(10-17-13-4-3-5-13)9-11-8-12(16)6-7-15(11)18/h6-9,13,17H,2-5,10,16H2,1H3. The summed E-state index contributed by atoms with van der Waals surface area (Å²) >= 11 is 0. The molecule has 1 aliphatic carbocycles. The molecule has 0 radical (unpaired) electrons. The molecule has 0 aliphatic heterocycles. The van der Waals surface area contributed by atoms with E-state index in [4.69, 9.17) is 5.73 Å². The lowest BCUT2D eigenvalue weighted by Crippen LogP contribution is -2.35. The third-order valence-corrected chi connectivity index (χ3v) is 4.00. The van der Waals surface area contributed by atoms with Crippen molar-refractivity contribution in [2.45, 2.75) is 45.3 Å². The number of nitrogens with two attached hydrogens (primary N) is 1. The zero-order valence-electron chi connectivity index (χ0n) is 10.9. The van der Waals surface area contributed by atoms with Crippen molar-refractivity contribution in [1.29, 1.82) is 0 Å². The number of hydrogen-bond donors (Lipinski definition) is 2. The second-order valence-corrected chi connectivity index (χ2v) is 5.21. The number of aromatic nitrogens is 1. The van der Waals surface area contributed by atoms with Crippen molar-refractivity contribution in [1.82, 2.24) is 9.88 Å². The lowest BCUT2D eigenvalue weighted by molar-refractivity contribution is 0.335. The molecular weight excluding hydrogens is 222 g/mol. The minimum absolute atomic E-state index is 0.735. The van der Waals surface area contributed by atoms with Gasteiger partial charge in [-0.15, -0.1) is 0 Å². The van der Waals surface area contributed by atoms with Gasteiger partial charge in [0, 0.05) is 41.4 Å². The maximum absolute atomic E-state index is 5.85. The van der Waals surface area contributed by atoms with E-state index in [9.17, 15) is 0 Å². The van der Waals surface area contributed by atoms with Crippen molar-refractivity contribution in [3.8, 4) is 0 Å². The van der Waals surface area contributed by atoms with Gasteiger partial charge in [-0.1, -0.05) is 6.42 Å². The van der Waals surface area contributed by atoms with Crippen LogP contribution in [0.5, 0.6) is 0 Å². The topological polar surface area (TPSA) is 43.0 Å². The molecule has 0 atom stereocenters. The minimum Gasteiger partial charge on any atom is -0.399 e. The van der Waals surface area contributed by atoms with Crippen LogP contribution in [-0.4, -0.2) is 10.6 Å². The van der Waals surface area contributed by atoms with Gasteiger partial charge in [-0.05, 0) is 44.0 Å². The predicted octanol–water partition coefficient (Wildman–Crippen LogP) is 2.89. The second-order valence-electron chi connectivity index (χ2n) is 5.21. The van der Waals surface area contributed by atoms with Crippen LogP contribution >= 0.6 is 0 Å². The van der Waals surface area contributed by atoms with Crippen LogP contribution in [0.3, 0.4) is 0 Å². The number of fused-ring (bicyclic) bond motifs is 1. The molecule has 1 aromatic carbocycles. The summed E-state index contributed by atoms with van der Waals surface area (Å²) in [5.74, 6) is 0. The molecule has 2 aromatic rings. The molecule has 1 aromatic heterocycles. The van der Waals surface area contributed by atoms with Gasteiger partial charge in [0.25, 0.3) is 0 Å². The maximum Gasteiger partial charge on any atom is 0.0484 e. The molecule has 3 rings (SSSR count). The Bertz CT molecular complexity index is 552. The molecule has 0 spiro atoms. The van der Waals surface area contributed by atoms with E-state index in [1.165, 1.54) is 35.9 Å². The van der Waals surface area contributed by atoms with E-state index in [0.29, 0.717) is 0 Å². The fraction of sp³-hybridized carbons (Fsp3) is 0.467. The molecule has 1 fully saturated rings. The van der Waals surface area contributed by atoms with E-state index in [2.05, 4.69) is 35.0 Å². The van der Waals surface area contributed by atoms with Gasteiger partial charge < -0.3 is 15.6 Å². The molecular formula is C15H21N3. The van der Waals surface area contributed by atoms with Crippen LogP contribution in [-0.2, 0) is 13.1 Å². The Morgan fingerprint density at radius 1 is 1.33 bits per heavy atom. The Morgan fingerprint density at radius 3 is 2.83 bits per heavy atom. The van der Waals surface area contributed by atoms with Gasteiger partial charge in [-0.2, -0.15) is 0 Å². The number of aryl methyl sites for hydroxylation is 1. The first-order valence-electron chi connectivity index (χ1n) is 6.89. The minimum atomic E-state index is 0.735. The Kier molecular flexibility index (Phi) is 3.00. The zero-order valence-corrected chi connectivity index (χ0v) is 10.9. The van der Waals surface area contributed by atoms with E-state index in [-0.39, 0.29) is 0 Å². The first-order chi connectivity index (χ1) is 8.78. The predicted molar refractivity (Wildman–Crippen MR) is 76.5 cm³/mol. The summed E-state index contributed by atoms with van der Waals surface area (Å²) in [6.07, 6.45) is 4.05. The van der Waals surface area contributed by atoms with Crippen molar-refractivity contribution in [3.05, 3.63) is 30.0 Å². The van der Waals surface area contributed by atoms with Crippen LogP contribution in [0.15, 0.2) is 24.3 Å². The van der Waals surface area contributed by atoms with Crippen LogP contribution in [0.25, 0.3) is 10.9 Å². The Balaban J connectivity index is 1.89. The molecule has 1 saturated carbocycles. The van der Waals surface area contributed by atoms with E-state index >= 15 is 0 Å². The van der Waals surface area contributed by atoms with E-state index in [0.717, 1.165) is 24.8 Å². The van der Waals surface area contributed by atoms with Crippen LogP contribution < -0.4 is 11.1 Å². The van der Waals surface area contributed by atoms with Gasteiger partial charge in [-0.3, -0.25) is 0 Å². The van der Waals surface area contributed by atoms with E-state index in [1.807, 2.05) is 6.07 Å². The normalized spacial score (nSPS) is 16.1. The highest BCUT2D eigenvalue weighted by atomic mass is 15.0. The summed E-state index contributed by atoms with van der Waals surface area (Å²) in [5, 5.41) is 4.89. The summed E-state index contributed by atoms with van der Waals surface area (Å²) in [6.45, 7) is 4.17. The van der Waals surface area contributed by atoms with Crippen molar-refractivity contribution >= 4 is 16.6 Å². The second kappa shape index (κ2) is 4.65. The lowest BCUT2D eigenvalue weighted by atomic mass is 9.93. The zero-order chi connectivity index (χ0) is 12.5. The summed E-state index contributed by atoms with van der Waals surface area (Å²) < 4.78 is 2.38. The monoisotopic (exact) mass is 243 g/mol. The summed E-state index contributed by atoms with van der Waals surface area (Å²) in [4.78, 5) is 0. The number of nitrogens with zero attached hydrogens (tertiary/aromatic N) is 1. The van der Waals surface area contributed by atoms with Gasteiger partial charge in [0.2, 0.25) is 0 Å². The molecule has 0 bridgehead atoms. The van der Waals surface area contributed by atoms with Gasteiger partial charge in [0.1, 0.15) is 0 Å². The maximum atomic E-state index is 5.85. The third kappa shape index (κ3) is 1.99. The number of nitrogen functional groups attached to an aromatic ring is 1. The van der Waals surface area contributed by atoms with Crippen LogP contribution in [0.2, 0.25) is 0 Å². The molecule has 3 nitrogen and oxygen atoms in total. The number of anilines is 1. The highest BCUT2D eigenvalue weighted by molar-refractivity contribution is 5.84. The molecule has 0 saturated heterocycles. The van der Waals surface area contributed by atoms with Crippen molar-refractivity contribution in [2.24, 2.45) is 0 Å². The average Bonchev–Trinajstić information content (AvgIpc) is 2.63. The number of nitrogens with one attached hydrogen (secondary N) is 1. The number of hydrogen-bond acceptors (Lipinski definition) is 2. The third-order valence-electron chi connectivity index (χ3n) is 4.00. The Hall–Kier alpha value is -1.48. The SMILES string of the molecule is CCn1c(CNC2CCC2)cc2cc(N)ccc21. The van der Waals surface area contributed by atoms with Crippen LogP contribution in [0.4, 0.5) is 5.69 Å². The molecule has 18 heavy (non-hydrogen) atoms. The Labute approximate surface area is 108 Å². The largest absolute Gasteiger partial charge is 0.399 e. The lowest BCUT2D eigenvalue weighted by Gasteiger charge is -2.26. The van der Waals surface area contributed by atoms with Crippen LogP contribution in [0, 0.1) is 0 Å². The molecule has 1 heterocycles. The van der Waals surface area contributed by atoms with Crippen molar-refractivity contribution in [2.75, 3.05) is 5.73 Å². The van der Waals surface area contributed by atoms with E-state index < -0.39 is 0 Å². The fourth-order valence-corrected chi connectivity index (χ4v) is 2.73.